The second kappa shape index (κ2) is 4.59. The highest BCUT2D eigenvalue weighted by atomic mass is 35.5. The molecule has 0 saturated heterocycles. The lowest BCUT2D eigenvalue weighted by Gasteiger charge is -2.13. The first-order valence-electron chi connectivity index (χ1n) is 5.11. The Kier molecular flexibility index (Phi) is 3.15. The number of halogens is 1. The van der Waals surface area contributed by atoms with Crippen molar-refractivity contribution in [2.24, 2.45) is 0 Å². The van der Waals surface area contributed by atoms with Crippen LogP contribution in [0.25, 0.3) is 10.9 Å². The zero-order valence-electron chi connectivity index (χ0n) is 9.14. The summed E-state index contributed by atoms with van der Waals surface area (Å²) in [5, 5.41) is 13.2. The molecule has 5 heteroatoms. The van der Waals surface area contributed by atoms with Crippen molar-refractivity contribution in [2.45, 2.75) is 13.0 Å². The average molecular weight is 251 g/mol. The van der Waals surface area contributed by atoms with Gasteiger partial charge in [-0.15, -0.1) is 0 Å². The fourth-order valence-corrected chi connectivity index (χ4v) is 1.79. The molecule has 0 fully saturated rings. The van der Waals surface area contributed by atoms with Crippen LogP contribution in [0.4, 0.5) is 5.69 Å². The van der Waals surface area contributed by atoms with Gasteiger partial charge in [0.25, 0.3) is 0 Å². The minimum absolute atomic E-state index is 0.547. The molecule has 1 heterocycles. The van der Waals surface area contributed by atoms with E-state index >= 15 is 0 Å². The van der Waals surface area contributed by atoms with E-state index in [4.69, 9.17) is 16.7 Å². The van der Waals surface area contributed by atoms with Crippen LogP contribution in [0.5, 0.6) is 0 Å². The summed E-state index contributed by atoms with van der Waals surface area (Å²) in [6, 6.07) is 6.46. The molecule has 0 aliphatic heterocycles. The Morgan fingerprint density at radius 2 is 2.29 bits per heavy atom. The second-order valence-electron chi connectivity index (χ2n) is 3.73. The van der Waals surface area contributed by atoms with Crippen molar-refractivity contribution < 1.29 is 9.90 Å². The van der Waals surface area contributed by atoms with E-state index in [1.807, 2.05) is 12.1 Å². The number of benzene rings is 1. The van der Waals surface area contributed by atoms with E-state index in [0.29, 0.717) is 16.2 Å². The van der Waals surface area contributed by atoms with Crippen molar-refractivity contribution in [3.8, 4) is 0 Å². The van der Waals surface area contributed by atoms with Gasteiger partial charge in [0, 0.05) is 16.6 Å². The minimum atomic E-state index is -0.922. The van der Waals surface area contributed by atoms with Crippen LogP contribution in [-0.2, 0) is 4.79 Å². The Morgan fingerprint density at radius 1 is 1.53 bits per heavy atom. The molecule has 2 aromatic rings. The number of carbonyl (C=O) groups is 1. The van der Waals surface area contributed by atoms with Crippen LogP contribution in [0.1, 0.15) is 6.92 Å². The van der Waals surface area contributed by atoms with Gasteiger partial charge in [-0.25, -0.2) is 0 Å². The molecule has 17 heavy (non-hydrogen) atoms. The number of carboxylic acid groups (broad SMARTS) is 1. The van der Waals surface area contributed by atoms with Gasteiger partial charge >= 0.3 is 5.97 Å². The molecule has 4 nitrogen and oxygen atoms in total. The van der Waals surface area contributed by atoms with E-state index in [1.54, 1.807) is 25.3 Å². The van der Waals surface area contributed by atoms with Crippen LogP contribution in [-0.4, -0.2) is 22.1 Å². The predicted octanol–water partition coefficient (Wildman–Crippen LogP) is 2.77. The Labute approximate surface area is 103 Å². The first kappa shape index (κ1) is 11.7. The molecule has 88 valence electrons. The van der Waals surface area contributed by atoms with Crippen molar-refractivity contribution >= 4 is 34.2 Å². The Bertz CT molecular complexity index is 571. The van der Waals surface area contributed by atoms with E-state index in [2.05, 4.69) is 10.3 Å². The van der Waals surface area contributed by atoms with E-state index in [1.165, 1.54) is 0 Å². The van der Waals surface area contributed by atoms with Gasteiger partial charge in [0.05, 0.1) is 11.2 Å². The lowest BCUT2D eigenvalue weighted by atomic mass is 10.2. The van der Waals surface area contributed by atoms with Crippen LogP contribution >= 0.6 is 11.6 Å². The van der Waals surface area contributed by atoms with E-state index in [0.717, 1.165) is 5.39 Å². The Hall–Kier alpha value is -1.81. The number of hydrogen-bond acceptors (Lipinski definition) is 3. The van der Waals surface area contributed by atoms with Gasteiger partial charge in [-0.3, -0.25) is 9.78 Å². The van der Waals surface area contributed by atoms with Gasteiger partial charge < -0.3 is 10.4 Å². The van der Waals surface area contributed by atoms with Gasteiger partial charge in [0.2, 0.25) is 0 Å². The largest absolute Gasteiger partial charge is 0.480 e. The predicted molar refractivity (Wildman–Crippen MR) is 67.5 cm³/mol. The molecule has 0 saturated carbocycles. The molecule has 0 aliphatic carbocycles. The molecular formula is C12H11ClN2O2. The summed E-state index contributed by atoms with van der Waals surface area (Å²) in [5.74, 6) is -0.922. The summed E-state index contributed by atoms with van der Waals surface area (Å²) in [7, 11) is 0. The summed E-state index contributed by atoms with van der Waals surface area (Å²) in [6.07, 6.45) is 1.66. The van der Waals surface area contributed by atoms with E-state index < -0.39 is 12.0 Å². The van der Waals surface area contributed by atoms with Crippen LogP contribution in [0.3, 0.4) is 0 Å². The molecule has 2 N–H and O–H groups in total. The molecule has 0 amide bonds. The first-order chi connectivity index (χ1) is 8.08. The van der Waals surface area contributed by atoms with Gasteiger partial charge in [-0.05, 0) is 25.1 Å². The third-order valence-electron chi connectivity index (χ3n) is 2.41. The van der Waals surface area contributed by atoms with E-state index in [9.17, 15) is 4.79 Å². The summed E-state index contributed by atoms with van der Waals surface area (Å²) in [4.78, 5) is 15.0. The Morgan fingerprint density at radius 3 is 3.00 bits per heavy atom. The minimum Gasteiger partial charge on any atom is -0.480 e. The van der Waals surface area contributed by atoms with Crippen molar-refractivity contribution in [1.82, 2.24) is 4.98 Å². The monoisotopic (exact) mass is 250 g/mol. The number of anilines is 1. The number of hydrogen-bond donors (Lipinski definition) is 2. The summed E-state index contributed by atoms with van der Waals surface area (Å²) in [6.45, 7) is 1.57. The number of nitrogens with one attached hydrogen (secondary N) is 1. The van der Waals surface area contributed by atoms with Crippen LogP contribution < -0.4 is 5.32 Å². The average Bonchev–Trinajstić information content (AvgIpc) is 2.28. The molecule has 2 rings (SSSR count). The van der Waals surface area contributed by atoms with Crippen LogP contribution in [0.15, 0.2) is 30.5 Å². The highest BCUT2D eigenvalue weighted by Crippen LogP contribution is 2.26. The number of nitrogens with zero attached hydrogens (tertiary/aromatic N) is 1. The molecule has 0 bridgehead atoms. The zero-order chi connectivity index (χ0) is 12.4. The SMILES string of the molecule is CC(Nc1cc(Cl)cc2cccnc12)C(=O)O. The lowest BCUT2D eigenvalue weighted by Crippen LogP contribution is -2.25. The fraction of sp³-hybridized carbons (Fsp3) is 0.167. The Balaban J connectivity index is 2.49. The topological polar surface area (TPSA) is 62.2 Å². The maximum Gasteiger partial charge on any atom is 0.325 e. The highest BCUT2D eigenvalue weighted by Gasteiger charge is 2.12. The molecule has 1 atom stereocenters. The third kappa shape index (κ3) is 2.47. The number of carboxylic acids is 1. The quantitative estimate of drug-likeness (QED) is 0.879. The van der Waals surface area contributed by atoms with E-state index in [-0.39, 0.29) is 0 Å². The maximum atomic E-state index is 10.8. The molecule has 0 radical (unpaired) electrons. The standard InChI is InChI=1S/C12H11ClN2O2/c1-7(12(16)17)15-10-6-9(13)5-8-3-2-4-14-11(8)10/h2-7,15H,1H3,(H,16,17). The third-order valence-corrected chi connectivity index (χ3v) is 2.63. The number of pyridine rings is 1. The number of aliphatic carboxylic acids is 1. The molecule has 1 aromatic heterocycles. The van der Waals surface area contributed by atoms with Crippen molar-refractivity contribution in [3.05, 3.63) is 35.5 Å². The lowest BCUT2D eigenvalue weighted by molar-refractivity contribution is -0.137. The van der Waals surface area contributed by atoms with Crippen molar-refractivity contribution in [2.75, 3.05) is 5.32 Å². The van der Waals surface area contributed by atoms with Gasteiger partial charge in [0.1, 0.15) is 6.04 Å². The molecular weight excluding hydrogens is 240 g/mol. The normalized spacial score (nSPS) is 12.4. The van der Waals surface area contributed by atoms with Gasteiger partial charge in [0.15, 0.2) is 0 Å². The molecule has 0 spiro atoms. The number of aromatic nitrogens is 1. The van der Waals surface area contributed by atoms with Crippen LogP contribution in [0.2, 0.25) is 5.02 Å². The summed E-state index contributed by atoms with van der Waals surface area (Å²) >= 11 is 5.97. The van der Waals surface area contributed by atoms with Gasteiger partial charge in [-0.1, -0.05) is 17.7 Å². The fourth-order valence-electron chi connectivity index (χ4n) is 1.56. The number of rotatable bonds is 3. The second-order valence-corrected chi connectivity index (χ2v) is 4.17. The maximum absolute atomic E-state index is 10.8. The summed E-state index contributed by atoms with van der Waals surface area (Å²) in [5.41, 5.74) is 1.34. The zero-order valence-corrected chi connectivity index (χ0v) is 9.90. The van der Waals surface area contributed by atoms with Crippen LogP contribution in [0, 0.1) is 0 Å². The van der Waals surface area contributed by atoms with Gasteiger partial charge in [-0.2, -0.15) is 0 Å². The van der Waals surface area contributed by atoms with Crippen molar-refractivity contribution in [3.63, 3.8) is 0 Å². The molecule has 1 aromatic carbocycles. The molecule has 0 aliphatic rings. The highest BCUT2D eigenvalue weighted by molar-refractivity contribution is 6.31. The summed E-state index contributed by atoms with van der Waals surface area (Å²) < 4.78 is 0. The number of fused-ring (bicyclic) bond motifs is 1. The van der Waals surface area contributed by atoms with Crippen molar-refractivity contribution in [1.29, 1.82) is 0 Å². The molecule has 1 unspecified atom stereocenters. The first-order valence-corrected chi connectivity index (χ1v) is 5.49. The smallest absolute Gasteiger partial charge is 0.325 e.